The average molecular weight is 467 g/mol. The summed E-state index contributed by atoms with van der Waals surface area (Å²) in [6, 6.07) is 0. The molecular weight excluding hydrogens is 420 g/mol. The van der Waals surface area contributed by atoms with Gasteiger partial charge in [0.05, 0.1) is 6.61 Å². The Kier molecular flexibility index (Phi) is 15.9. The predicted molar refractivity (Wildman–Crippen MR) is 119 cm³/mol. The third kappa shape index (κ3) is 10.3. The van der Waals surface area contributed by atoms with Gasteiger partial charge < -0.3 is 42.6 Å². The number of methoxy groups -OCH3 is 1. The van der Waals surface area contributed by atoms with Crippen LogP contribution in [0.1, 0.15) is 61.3 Å². The largest absolute Gasteiger partial charge is 0.379 e. The van der Waals surface area contributed by atoms with E-state index >= 15 is 0 Å². The van der Waals surface area contributed by atoms with Gasteiger partial charge in [-0.2, -0.15) is 0 Å². The molecule has 0 saturated carbocycles. The van der Waals surface area contributed by atoms with Gasteiger partial charge >= 0.3 is 0 Å². The van der Waals surface area contributed by atoms with Crippen LogP contribution in [0.15, 0.2) is 0 Å². The molecular formula is C23H46O9. The topological polar surface area (TPSA) is 83.1 Å². The van der Waals surface area contributed by atoms with Gasteiger partial charge in [-0.15, -0.1) is 0 Å². The molecule has 1 saturated heterocycles. The van der Waals surface area contributed by atoms with Crippen molar-refractivity contribution in [3.05, 3.63) is 0 Å². The molecule has 3 unspecified atom stereocenters. The Bertz CT molecular complexity index is 453. The Labute approximate surface area is 194 Å². The van der Waals surface area contributed by atoms with Gasteiger partial charge in [0.25, 0.3) is 0 Å². The van der Waals surface area contributed by atoms with Crippen LogP contribution in [0.3, 0.4) is 0 Å². The molecule has 1 rings (SSSR count). The summed E-state index contributed by atoms with van der Waals surface area (Å²) < 4.78 is 53.4. The van der Waals surface area contributed by atoms with E-state index in [1.54, 1.807) is 7.11 Å². The van der Waals surface area contributed by atoms with Gasteiger partial charge in [0.2, 0.25) is 0 Å². The first-order chi connectivity index (χ1) is 15.4. The highest BCUT2D eigenvalue weighted by Crippen LogP contribution is 2.31. The van der Waals surface area contributed by atoms with Crippen molar-refractivity contribution in [2.45, 2.75) is 111 Å². The Morgan fingerprint density at radius 3 is 1.69 bits per heavy atom. The molecule has 32 heavy (non-hydrogen) atoms. The zero-order chi connectivity index (χ0) is 23.9. The molecule has 192 valence electrons. The molecule has 0 spiro atoms. The molecule has 9 nitrogen and oxygen atoms in total. The van der Waals surface area contributed by atoms with E-state index in [-0.39, 0.29) is 0 Å². The number of unbranched alkanes of at least 4 members (excludes halogenated alkanes) is 1. The monoisotopic (exact) mass is 466 g/mol. The van der Waals surface area contributed by atoms with Crippen molar-refractivity contribution in [1.29, 1.82) is 0 Å². The fraction of sp³-hybridized carbons (Fsp3) is 1.00. The molecule has 0 radical (unpaired) electrons. The van der Waals surface area contributed by atoms with E-state index in [0.717, 1.165) is 12.8 Å². The van der Waals surface area contributed by atoms with Crippen molar-refractivity contribution in [1.82, 2.24) is 0 Å². The molecule has 1 heterocycles. The Balaban J connectivity index is 3.17. The summed E-state index contributed by atoms with van der Waals surface area (Å²) in [5.74, 6) is 0. The molecule has 0 aromatic carbocycles. The van der Waals surface area contributed by atoms with Crippen LogP contribution in [0.25, 0.3) is 0 Å². The number of hydrogen-bond acceptors (Lipinski definition) is 9. The maximum Gasteiger partial charge on any atom is 0.186 e. The lowest BCUT2D eigenvalue weighted by molar-refractivity contribution is -0.363. The van der Waals surface area contributed by atoms with E-state index in [9.17, 15) is 0 Å². The number of ether oxygens (including phenoxy) is 9. The van der Waals surface area contributed by atoms with Crippen LogP contribution < -0.4 is 0 Å². The van der Waals surface area contributed by atoms with Gasteiger partial charge in [-0.25, -0.2) is 0 Å². The highest BCUT2D eigenvalue weighted by molar-refractivity contribution is 4.93. The molecule has 0 aromatic heterocycles. The second kappa shape index (κ2) is 17.1. The minimum absolute atomic E-state index is 0.333. The third-order valence-electron chi connectivity index (χ3n) is 5.00. The third-order valence-corrected chi connectivity index (χ3v) is 5.00. The maximum atomic E-state index is 6.31. The SMILES string of the molecule is CCCCOC[C@H]1O[C@H](OC)[C@H](OC(C)OCC)[C@@H](OC(C)OCC)[C@@H]1OC(C)OCC. The lowest BCUT2D eigenvalue weighted by Gasteiger charge is -2.47. The minimum Gasteiger partial charge on any atom is -0.379 e. The van der Waals surface area contributed by atoms with Gasteiger partial charge in [0.1, 0.15) is 24.4 Å². The quantitative estimate of drug-likeness (QED) is 0.223. The summed E-state index contributed by atoms with van der Waals surface area (Å²) in [6.45, 7) is 15.9. The maximum absolute atomic E-state index is 6.31. The van der Waals surface area contributed by atoms with Crippen LogP contribution in [-0.2, 0) is 42.6 Å². The van der Waals surface area contributed by atoms with E-state index < -0.39 is 49.6 Å². The minimum atomic E-state index is -0.696. The lowest BCUT2D eigenvalue weighted by atomic mass is 9.98. The van der Waals surface area contributed by atoms with Crippen LogP contribution in [-0.4, -0.2) is 89.7 Å². The molecule has 8 atom stereocenters. The van der Waals surface area contributed by atoms with E-state index in [1.165, 1.54) is 0 Å². The van der Waals surface area contributed by atoms with E-state index in [0.29, 0.717) is 33.0 Å². The lowest BCUT2D eigenvalue weighted by Crippen LogP contribution is -2.63. The van der Waals surface area contributed by atoms with Gasteiger partial charge in [-0.3, -0.25) is 0 Å². The second-order valence-electron chi connectivity index (χ2n) is 7.58. The summed E-state index contributed by atoms with van der Waals surface area (Å²) in [4.78, 5) is 0. The van der Waals surface area contributed by atoms with Crippen LogP contribution in [0.5, 0.6) is 0 Å². The van der Waals surface area contributed by atoms with Crippen molar-refractivity contribution in [3.8, 4) is 0 Å². The van der Waals surface area contributed by atoms with Crippen LogP contribution in [0.2, 0.25) is 0 Å². The van der Waals surface area contributed by atoms with Crippen LogP contribution in [0, 0.1) is 0 Å². The van der Waals surface area contributed by atoms with Crippen molar-refractivity contribution in [3.63, 3.8) is 0 Å². The van der Waals surface area contributed by atoms with Gasteiger partial charge in [0, 0.05) is 33.5 Å². The zero-order valence-corrected chi connectivity index (χ0v) is 21.2. The van der Waals surface area contributed by atoms with Crippen molar-refractivity contribution in [2.75, 3.05) is 40.1 Å². The van der Waals surface area contributed by atoms with Crippen molar-refractivity contribution >= 4 is 0 Å². The summed E-state index contributed by atoms with van der Waals surface area (Å²) in [7, 11) is 1.58. The predicted octanol–water partition coefficient (Wildman–Crippen LogP) is 3.48. The molecule has 0 aliphatic carbocycles. The van der Waals surface area contributed by atoms with E-state index in [2.05, 4.69) is 6.92 Å². The molecule has 0 amide bonds. The van der Waals surface area contributed by atoms with Crippen LogP contribution in [0.4, 0.5) is 0 Å². The van der Waals surface area contributed by atoms with E-state index in [1.807, 2.05) is 41.5 Å². The van der Waals surface area contributed by atoms with Gasteiger partial charge in [0.15, 0.2) is 25.2 Å². The number of hydrogen-bond donors (Lipinski definition) is 0. The molecule has 1 fully saturated rings. The molecule has 0 bridgehead atoms. The van der Waals surface area contributed by atoms with E-state index in [4.69, 9.17) is 42.6 Å². The molecule has 0 N–H and O–H groups in total. The molecule has 1 aliphatic rings. The highest BCUT2D eigenvalue weighted by Gasteiger charge is 2.50. The first-order valence-electron chi connectivity index (χ1n) is 12.0. The van der Waals surface area contributed by atoms with Gasteiger partial charge in [-0.1, -0.05) is 13.3 Å². The standard InChI is InChI=1S/C23H46O9/c1-9-13-14-25-15-19-20(29-16(5)26-10-2)21(30-17(6)27-11-3)22(23(24-8)32-19)31-18(7)28-12-4/h16-23H,9-15H2,1-8H3/t16?,17?,18?,19-,20-,21+,22-,23+/m1/s1. The number of rotatable bonds is 18. The van der Waals surface area contributed by atoms with Crippen molar-refractivity contribution < 1.29 is 42.6 Å². The molecule has 9 heteroatoms. The fourth-order valence-corrected chi connectivity index (χ4v) is 3.60. The Hall–Kier alpha value is -0.360. The van der Waals surface area contributed by atoms with Gasteiger partial charge in [-0.05, 0) is 48.0 Å². The first kappa shape index (κ1) is 29.7. The van der Waals surface area contributed by atoms with Crippen molar-refractivity contribution in [2.24, 2.45) is 0 Å². The summed E-state index contributed by atoms with van der Waals surface area (Å²) in [5, 5.41) is 0. The summed E-state index contributed by atoms with van der Waals surface area (Å²) in [6.07, 6.45) is -2.27. The van der Waals surface area contributed by atoms with Crippen LogP contribution >= 0.6 is 0 Å². The normalized spacial score (nSPS) is 29.1. The average Bonchev–Trinajstić information content (AvgIpc) is 2.75. The molecule has 0 aromatic rings. The summed E-state index contributed by atoms with van der Waals surface area (Å²) >= 11 is 0. The Morgan fingerprint density at radius 2 is 1.22 bits per heavy atom. The first-order valence-corrected chi connectivity index (χ1v) is 12.0. The fourth-order valence-electron chi connectivity index (χ4n) is 3.60. The summed E-state index contributed by atoms with van der Waals surface area (Å²) in [5.41, 5.74) is 0. The highest BCUT2D eigenvalue weighted by atomic mass is 16.8. The molecule has 1 aliphatic heterocycles. The second-order valence-corrected chi connectivity index (χ2v) is 7.58. The Morgan fingerprint density at radius 1 is 0.719 bits per heavy atom. The zero-order valence-electron chi connectivity index (χ0n) is 21.2. The smallest absolute Gasteiger partial charge is 0.186 e.